The topological polar surface area (TPSA) is 62.2 Å². The van der Waals surface area contributed by atoms with E-state index in [2.05, 4.69) is 10.3 Å². The lowest BCUT2D eigenvalue weighted by atomic mass is 10.1. The van der Waals surface area contributed by atoms with Gasteiger partial charge >= 0.3 is 5.97 Å². The van der Waals surface area contributed by atoms with Gasteiger partial charge in [0.15, 0.2) is 0 Å². The fourth-order valence-electron chi connectivity index (χ4n) is 1.56. The average Bonchev–Trinajstić information content (AvgIpc) is 2.84. The minimum Gasteiger partial charge on any atom is -0.478 e. The monoisotopic (exact) mass is 266 g/mol. The summed E-state index contributed by atoms with van der Waals surface area (Å²) in [5.41, 5.74) is 0.296. The van der Waals surface area contributed by atoms with Crippen LogP contribution in [0.4, 0.5) is 10.1 Å². The van der Waals surface area contributed by atoms with Crippen molar-refractivity contribution in [2.75, 3.05) is 5.32 Å². The molecule has 4 nitrogen and oxygen atoms in total. The van der Waals surface area contributed by atoms with Gasteiger partial charge < -0.3 is 10.4 Å². The molecule has 0 spiro atoms. The number of aromatic carboxylic acids is 1. The Kier molecular flexibility index (Phi) is 3.57. The van der Waals surface area contributed by atoms with Crippen LogP contribution >= 0.6 is 11.3 Å². The normalized spacial score (nSPS) is 12.1. The van der Waals surface area contributed by atoms with Gasteiger partial charge in [-0.3, -0.25) is 0 Å². The second-order valence-electron chi connectivity index (χ2n) is 3.73. The van der Waals surface area contributed by atoms with Crippen molar-refractivity contribution in [2.45, 2.75) is 13.0 Å². The van der Waals surface area contributed by atoms with Crippen molar-refractivity contribution in [1.82, 2.24) is 4.98 Å². The van der Waals surface area contributed by atoms with Crippen LogP contribution in [0, 0.1) is 5.82 Å². The van der Waals surface area contributed by atoms with Gasteiger partial charge in [-0.2, -0.15) is 0 Å². The molecule has 1 heterocycles. The van der Waals surface area contributed by atoms with Crippen molar-refractivity contribution in [1.29, 1.82) is 0 Å². The summed E-state index contributed by atoms with van der Waals surface area (Å²) < 4.78 is 13.0. The zero-order valence-corrected chi connectivity index (χ0v) is 10.4. The SMILES string of the molecule is CC(Nc1ccc(F)cc1C(=O)O)c1nccs1. The van der Waals surface area contributed by atoms with Crippen molar-refractivity contribution in [3.05, 3.63) is 46.2 Å². The third-order valence-corrected chi connectivity index (χ3v) is 3.36. The van der Waals surface area contributed by atoms with E-state index in [0.717, 1.165) is 11.1 Å². The standard InChI is InChI=1S/C12H11FN2O2S/c1-7(11-14-4-5-18-11)15-10-3-2-8(13)6-9(10)12(16)17/h2-7,15H,1H3,(H,16,17). The van der Waals surface area contributed by atoms with Crippen LogP contribution in [0.15, 0.2) is 29.8 Å². The molecule has 0 amide bonds. The van der Waals surface area contributed by atoms with Gasteiger partial charge in [-0.05, 0) is 25.1 Å². The summed E-state index contributed by atoms with van der Waals surface area (Å²) in [5.74, 6) is -1.73. The molecule has 0 radical (unpaired) electrons. The molecule has 0 aliphatic carbocycles. The molecule has 1 aromatic carbocycles. The lowest BCUT2D eigenvalue weighted by Gasteiger charge is -2.14. The maximum Gasteiger partial charge on any atom is 0.337 e. The molecule has 2 aromatic rings. The number of carboxylic acids is 1. The molecular formula is C12H11FN2O2S. The summed E-state index contributed by atoms with van der Waals surface area (Å²) in [5, 5.41) is 14.7. The third kappa shape index (κ3) is 2.65. The molecule has 0 aliphatic heterocycles. The molecule has 0 saturated heterocycles. The van der Waals surface area contributed by atoms with E-state index in [4.69, 9.17) is 5.11 Å². The van der Waals surface area contributed by atoms with Crippen LogP contribution in [-0.2, 0) is 0 Å². The Labute approximate surface area is 107 Å². The quantitative estimate of drug-likeness (QED) is 0.892. The second-order valence-corrected chi connectivity index (χ2v) is 4.66. The van der Waals surface area contributed by atoms with E-state index in [-0.39, 0.29) is 11.6 Å². The minimum absolute atomic E-state index is 0.0848. The number of anilines is 1. The Bertz CT molecular complexity index is 557. The Morgan fingerprint density at radius 3 is 2.94 bits per heavy atom. The van der Waals surface area contributed by atoms with Gasteiger partial charge in [0.2, 0.25) is 0 Å². The summed E-state index contributed by atoms with van der Waals surface area (Å²) >= 11 is 1.47. The molecule has 6 heteroatoms. The molecule has 1 atom stereocenters. The van der Waals surface area contributed by atoms with Crippen molar-refractivity contribution < 1.29 is 14.3 Å². The predicted octanol–water partition coefficient (Wildman–Crippen LogP) is 3.15. The van der Waals surface area contributed by atoms with Crippen LogP contribution in [0.1, 0.15) is 28.3 Å². The highest BCUT2D eigenvalue weighted by molar-refractivity contribution is 7.09. The van der Waals surface area contributed by atoms with Gasteiger partial charge in [-0.25, -0.2) is 14.2 Å². The van der Waals surface area contributed by atoms with Gasteiger partial charge in [0.05, 0.1) is 11.6 Å². The summed E-state index contributed by atoms with van der Waals surface area (Å²) in [6.07, 6.45) is 1.68. The number of rotatable bonds is 4. The first kappa shape index (κ1) is 12.5. The van der Waals surface area contributed by atoms with Crippen LogP contribution in [0.3, 0.4) is 0 Å². The van der Waals surface area contributed by atoms with Gasteiger partial charge in [0.25, 0.3) is 0 Å². The van der Waals surface area contributed by atoms with E-state index < -0.39 is 11.8 Å². The highest BCUT2D eigenvalue weighted by Crippen LogP contribution is 2.24. The minimum atomic E-state index is -1.16. The van der Waals surface area contributed by atoms with Crippen LogP contribution in [-0.4, -0.2) is 16.1 Å². The van der Waals surface area contributed by atoms with Gasteiger partial charge in [0, 0.05) is 17.3 Å². The molecule has 94 valence electrons. The van der Waals surface area contributed by atoms with Gasteiger partial charge in [-0.1, -0.05) is 0 Å². The maximum absolute atomic E-state index is 13.0. The maximum atomic E-state index is 13.0. The van der Waals surface area contributed by atoms with Gasteiger partial charge in [0.1, 0.15) is 10.8 Å². The zero-order chi connectivity index (χ0) is 13.1. The highest BCUT2D eigenvalue weighted by Gasteiger charge is 2.15. The van der Waals surface area contributed by atoms with Crippen LogP contribution in [0.5, 0.6) is 0 Å². The van der Waals surface area contributed by atoms with Crippen molar-refractivity contribution in [3.8, 4) is 0 Å². The number of benzene rings is 1. The summed E-state index contributed by atoms with van der Waals surface area (Å²) in [6.45, 7) is 1.87. The number of aromatic nitrogens is 1. The Morgan fingerprint density at radius 1 is 1.56 bits per heavy atom. The number of hydrogen-bond acceptors (Lipinski definition) is 4. The Morgan fingerprint density at radius 2 is 2.33 bits per heavy atom. The van der Waals surface area contributed by atoms with E-state index in [1.165, 1.54) is 23.5 Å². The Hall–Kier alpha value is -1.95. The van der Waals surface area contributed by atoms with Crippen molar-refractivity contribution in [3.63, 3.8) is 0 Å². The highest BCUT2D eigenvalue weighted by atomic mass is 32.1. The summed E-state index contributed by atoms with van der Waals surface area (Å²) in [6, 6.07) is 3.51. The molecule has 2 rings (SSSR count). The number of thiazole rings is 1. The molecule has 2 N–H and O–H groups in total. The van der Waals surface area contributed by atoms with Gasteiger partial charge in [-0.15, -0.1) is 11.3 Å². The third-order valence-electron chi connectivity index (χ3n) is 2.41. The molecule has 0 aliphatic rings. The first-order valence-electron chi connectivity index (χ1n) is 5.26. The molecule has 0 bridgehead atoms. The number of carbonyl (C=O) groups is 1. The fourth-order valence-corrected chi connectivity index (χ4v) is 2.21. The number of hydrogen-bond donors (Lipinski definition) is 2. The van der Waals surface area contributed by atoms with E-state index in [9.17, 15) is 9.18 Å². The Balaban J connectivity index is 2.26. The first-order chi connectivity index (χ1) is 8.58. The fraction of sp³-hybridized carbons (Fsp3) is 0.167. The average molecular weight is 266 g/mol. The van der Waals surface area contributed by atoms with Crippen molar-refractivity contribution in [2.24, 2.45) is 0 Å². The lowest BCUT2D eigenvalue weighted by Crippen LogP contribution is -2.10. The van der Waals surface area contributed by atoms with Crippen molar-refractivity contribution >= 4 is 23.0 Å². The lowest BCUT2D eigenvalue weighted by molar-refractivity contribution is 0.0697. The van der Waals surface area contributed by atoms with Crippen LogP contribution in [0.2, 0.25) is 0 Å². The smallest absolute Gasteiger partial charge is 0.337 e. The number of halogens is 1. The van der Waals surface area contributed by atoms with Crippen LogP contribution in [0.25, 0.3) is 0 Å². The van der Waals surface area contributed by atoms with E-state index in [0.29, 0.717) is 5.69 Å². The second kappa shape index (κ2) is 5.14. The zero-order valence-electron chi connectivity index (χ0n) is 9.55. The number of carboxylic acid groups (broad SMARTS) is 1. The first-order valence-corrected chi connectivity index (χ1v) is 6.14. The molecule has 0 saturated carbocycles. The van der Waals surface area contributed by atoms with E-state index in [1.807, 2.05) is 12.3 Å². The molecular weight excluding hydrogens is 255 g/mol. The molecule has 0 fully saturated rings. The molecule has 1 unspecified atom stereocenters. The molecule has 1 aromatic heterocycles. The predicted molar refractivity (Wildman–Crippen MR) is 67.5 cm³/mol. The summed E-state index contributed by atoms with van der Waals surface area (Å²) in [7, 11) is 0. The van der Waals surface area contributed by atoms with E-state index >= 15 is 0 Å². The number of nitrogens with zero attached hydrogens (tertiary/aromatic N) is 1. The number of nitrogens with one attached hydrogen (secondary N) is 1. The largest absolute Gasteiger partial charge is 0.478 e. The summed E-state index contributed by atoms with van der Waals surface area (Å²) in [4.78, 5) is 15.2. The van der Waals surface area contributed by atoms with Crippen LogP contribution < -0.4 is 5.32 Å². The molecule has 18 heavy (non-hydrogen) atoms. The van der Waals surface area contributed by atoms with E-state index in [1.54, 1.807) is 6.20 Å².